The van der Waals surface area contributed by atoms with Crippen molar-refractivity contribution in [2.75, 3.05) is 31.5 Å². The van der Waals surface area contributed by atoms with Crippen molar-refractivity contribution in [3.05, 3.63) is 87.4 Å². The summed E-state index contributed by atoms with van der Waals surface area (Å²) in [6.07, 6.45) is -3.10. The van der Waals surface area contributed by atoms with Crippen LogP contribution in [0, 0.1) is 0 Å². The number of halogens is 5. The van der Waals surface area contributed by atoms with Crippen molar-refractivity contribution in [3.63, 3.8) is 0 Å². The number of benzene rings is 3. The van der Waals surface area contributed by atoms with Gasteiger partial charge in [0.25, 0.3) is 0 Å². The molecular weight excluding hydrogens is 713 g/mol. The molecule has 0 amide bonds. The lowest BCUT2D eigenvalue weighted by Crippen LogP contribution is -2.50. The molecule has 0 spiro atoms. The number of sulfonamides is 2. The molecule has 5 rings (SSSR count). The van der Waals surface area contributed by atoms with Crippen LogP contribution in [-0.2, 0) is 26.2 Å². The number of nitrogens with zero attached hydrogens (tertiary/aromatic N) is 3. The van der Waals surface area contributed by atoms with Gasteiger partial charge in [0.15, 0.2) is 0 Å². The number of nitrogens with one attached hydrogen (secondary N) is 1. The van der Waals surface area contributed by atoms with Crippen LogP contribution >= 0.6 is 31.9 Å². The molecular formula is C26H21Br2F3N4O4S2. The maximum Gasteiger partial charge on any atom is 0.416 e. The second-order valence-electron chi connectivity index (χ2n) is 9.12. The monoisotopic (exact) mass is 732 g/mol. The molecule has 4 aromatic rings. The van der Waals surface area contributed by atoms with E-state index in [4.69, 9.17) is 0 Å². The van der Waals surface area contributed by atoms with E-state index in [1.807, 2.05) is 0 Å². The van der Waals surface area contributed by atoms with Crippen LogP contribution in [0.25, 0.3) is 10.9 Å². The smallest absolute Gasteiger partial charge is 0.355 e. The molecule has 216 valence electrons. The summed E-state index contributed by atoms with van der Waals surface area (Å²) >= 11 is 6.62. The predicted molar refractivity (Wildman–Crippen MR) is 156 cm³/mol. The van der Waals surface area contributed by atoms with Gasteiger partial charge in [-0.15, -0.1) is 0 Å². The summed E-state index contributed by atoms with van der Waals surface area (Å²) in [5.41, 5.74) is 0.393. The van der Waals surface area contributed by atoms with Crippen LogP contribution in [0.1, 0.15) is 5.56 Å². The zero-order valence-electron chi connectivity index (χ0n) is 20.9. The lowest BCUT2D eigenvalue weighted by atomic mass is 10.1. The fourth-order valence-electron chi connectivity index (χ4n) is 4.39. The summed E-state index contributed by atoms with van der Waals surface area (Å²) < 4.78 is 95.7. The van der Waals surface area contributed by atoms with Gasteiger partial charge in [0, 0.05) is 58.1 Å². The molecule has 0 atom stereocenters. The molecule has 0 unspecified atom stereocenters. The number of piperazine rings is 1. The Morgan fingerprint density at radius 2 is 1.32 bits per heavy atom. The Hall–Kier alpha value is -2.56. The van der Waals surface area contributed by atoms with E-state index in [2.05, 4.69) is 42.2 Å². The van der Waals surface area contributed by atoms with E-state index in [1.165, 1.54) is 45.1 Å². The number of alkyl halides is 3. The summed E-state index contributed by atoms with van der Waals surface area (Å²) in [6.45, 7) is -0.0233. The minimum Gasteiger partial charge on any atom is -0.355 e. The second kappa shape index (κ2) is 11.3. The predicted octanol–water partition coefficient (Wildman–Crippen LogP) is 6.22. The van der Waals surface area contributed by atoms with Crippen molar-refractivity contribution in [1.29, 1.82) is 0 Å². The van der Waals surface area contributed by atoms with Crippen molar-refractivity contribution in [3.8, 4) is 0 Å². The minimum absolute atomic E-state index is 0.0000550. The Balaban J connectivity index is 1.28. The lowest BCUT2D eigenvalue weighted by Gasteiger charge is -2.33. The molecule has 41 heavy (non-hydrogen) atoms. The molecule has 0 aliphatic carbocycles. The zero-order chi connectivity index (χ0) is 29.6. The third kappa shape index (κ3) is 6.15. The van der Waals surface area contributed by atoms with Crippen LogP contribution in [0.2, 0.25) is 0 Å². The molecule has 1 aliphatic heterocycles. The summed E-state index contributed by atoms with van der Waals surface area (Å²) in [7, 11) is -7.70. The van der Waals surface area contributed by atoms with Crippen LogP contribution in [-0.4, -0.2) is 56.6 Å². The van der Waals surface area contributed by atoms with Crippen molar-refractivity contribution < 1.29 is 30.0 Å². The third-order valence-electron chi connectivity index (χ3n) is 6.57. The summed E-state index contributed by atoms with van der Waals surface area (Å²) in [5, 5.41) is 3.57. The summed E-state index contributed by atoms with van der Waals surface area (Å²) in [4.78, 5) is 4.17. The number of pyridine rings is 1. The number of aromatic nitrogens is 1. The van der Waals surface area contributed by atoms with E-state index in [1.54, 1.807) is 24.3 Å². The molecule has 15 heteroatoms. The molecule has 0 bridgehead atoms. The van der Waals surface area contributed by atoms with E-state index < -0.39 is 31.8 Å². The summed E-state index contributed by atoms with van der Waals surface area (Å²) in [6, 6.07) is 15.4. The van der Waals surface area contributed by atoms with Gasteiger partial charge in [-0.25, -0.2) is 16.8 Å². The molecule has 0 radical (unpaired) electrons. The molecule has 1 aromatic heterocycles. The Morgan fingerprint density at radius 3 is 1.90 bits per heavy atom. The molecule has 8 nitrogen and oxygen atoms in total. The van der Waals surface area contributed by atoms with Crippen LogP contribution in [0.3, 0.4) is 0 Å². The topological polar surface area (TPSA) is 99.7 Å². The molecule has 1 fully saturated rings. The first-order chi connectivity index (χ1) is 19.3. The normalized spacial score (nSPS) is 15.7. The van der Waals surface area contributed by atoms with E-state index in [-0.39, 0.29) is 41.5 Å². The fourth-order valence-corrected chi connectivity index (χ4v) is 8.03. The van der Waals surface area contributed by atoms with Crippen LogP contribution in [0.15, 0.2) is 91.7 Å². The van der Waals surface area contributed by atoms with Crippen LogP contribution in [0.4, 0.5) is 24.5 Å². The first kappa shape index (κ1) is 29.9. The van der Waals surface area contributed by atoms with Gasteiger partial charge < -0.3 is 5.32 Å². The molecule has 1 saturated heterocycles. The van der Waals surface area contributed by atoms with Gasteiger partial charge in [-0.2, -0.15) is 21.8 Å². The second-order valence-corrected chi connectivity index (χ2v) is 14.7. The number of anilines is 2. The van der Waals surface area contributed by atoms with Crippen molar-refractivity contribution in [2.45, 2.75) is 16.0 Å². The van der Waals surface area contributed by atoms with Crippen LogP contribution in [0.5, 0.6) is 0 Å². The standard InChI is InChI=1S/C26H21Br2F3N4O4S2/c27-22-8-6-20(16-23(22)28)41(38,39)35-13-11-34(12-14-35)40(36,37)19-4-2-18(3-5-19)33-24-9-10-32-25-15-17(26(29,30)31)1-7-21(24)25/h1-10,15-16H,11-14H2,(H,32,33). The van der Waals surface area contributed by atoms with Gasteiger partial charge in [0.05, 0.1) is 20.9 Å². The number of fused-ring (bicyclic) bond motifs is 1. The SMILES string of the molecule is O=S(=O)(c1ccc(Nc2ccnc3cc(C(F)(F)F)ccc23)cc1)N1CCN(S(=O)(=O)c2ccc(Br)c(Br)c2)CC1. The number of hydrogen-bond acceptors (Lipinski definition) is 6. The quantitative estimate of drug-likeness (QED) is 0.253. The Bertz CT molecular complexity index is 1830. The maximum absolute atomic E-state index is 13.3. The Kier molecular flexibility index (Phi) is 8.22. The van der Waals surface area contributed by atoms with Gasteiger partial charge >= 0.3 is 6.18 Å². The van der Waals surface area contributed by atoms with Gasteiger partial charge in [0.2, 0.25) is 20.0 Å². The Labute approximate surface area is 251 Å². The summed E-state index contributed by atoms with van der Waals surface area (Å²) in [5.74, 6) is 0. The van der Waals surface area contributed by atoms with Crippen LogP contribution < -0.4 is 5.32 Å². The largest absolute Gasteiger partial charge is 0.416 e. The average molecular weight is 734 g/mol. The van der Waals surface area contributed by atoms with E-state index >= 15 is 0 Å². The molecule has 1 aliphatic rings. The molecule has 2 heterocycles. The first-order valence-corrected chi connectivity index (χ1v) is 16.5. The van der Waals surface area contributed by atoms with Crippen molar-refractivity contribution in [1.82, 2.24) is 13.6 Å². The van der Waals surface area contributed by atoms with E-state index in [0.717, 1.165) is 12.1 Å². The fraction of sp³-hybridized carbons (Fsp3) is 0.192. The third-order valence-corrected chi connectivity index (χ3v) is 12.3. The highest BCUT2D eigenvalue weighted by Gasteiger charge is 2.34. The van der Waals surface area contributed by atoms with E-state index in [0.29, 0.717) is 25.7 Å². The van der Waals surface area contributed by atoms with Gasteiger partial charge in [-0.3, -0.25) is 4.98 Å². The van der Waals surface area contributed by atoms with E-state index in [9.17, 15) is 30.0 Å². The highest BCUT2D eigenvalue weighted by atomic mass is 79.9. The van der Waals surface area contributed by atoms with Gasteiger partial charge in [-0.05, 0) is 92.5 Å². The lowest BCUT2D eigenvalue weighted by molar-refractivity contribution is -0.137. The maximum atomic E-state index is 13.3. The first-order valence-electron chi connectivity index (χ1n) is 12.1. The average Bonchev–Trinajstić information content (AvgIpc) is 2.94. The molecule has 0 saturated carbocycles. The van der Waals surface area contributed by atoms with Crippen molar-refractivity contribution >= 4 is 74.2 Å². The number of rotatable bonds is 6. The van der Waals surface area contributed by atoms with Gasteiger partial charge in [0.1, 0.15) is 0 Å². The van der Waals surface area contributed by atoms with Crippen molar-refractivity contribution in [2.24, 2.45) is 0 Å². The molecule has 1 N–H and O–H groups in total. The zero-order valence-corrected chi connectivity index (χ0v) is 25.7. The highest BCUT2D eigenvalue weighted by Crippen LogP contribution is 2.34. The minimum atomic E-state index is -4.49. The number of hydrogen-bond donors (Lipinski definition) is 1. The highest BCUT2D eigenvalue weighted by molar-refractivity contribution is 9.13. The van der Waals surface area contributed by atoms with Gasteiger partial charge in [-0.1, -0.05) is 6.07 Å². The Morgan fingerprint density at radius 1 is 0.732 bits per heavy atom. The molecule has 3 aromatic carbocycles.